The Bertz CT molecular complexity index is 427. The van der Waals surface area contributed by atoms with E-state index in [2.05, 4.69) is 20.4 Å². The molecule has 0 saturated carbocycles. The standard InChI is InChI=1S/C8H9NO2.C5H8O.C3H8/c1-2-7-4-3-5-8(6-7)9(10)11;1-4(2)5(3)6;1-3-2/h3-6H,2H2,1H3;1H2,2-3H3;3H2,1-2H3. The first kappa shape index (κ1) is 20.3. The normalized spacial score (nSPS) is 8.45. The van der Waals surface area contributed by atoms with Crippen LogP contribution in [0.15, 0.2) is 36.4 Å². The molecule has 0 saturated heterocycles. The van der Waals surface area contributed by atoms with Crippen molar-refractivity contribution in [3.8, 4) is 0 Å². The maximum atomic E-state index is 10.3. The molecule has 0 heterocycles. The largest absolute Gasteiger partial charge is 0.295 e. The Labute approximate surface area is 121 Å². The Morgan fingerprint density at radius 2 is 1.70 bits per heavy atom. The Balaban J connectivity index is 0. The molecule has 1 aromatic carbocycles. The van der Waals surface area contributed by atoms with E-state index in [0.717, 1.165) is 12.0 Å². The molecule has 112 valence electrons. The molecule has 0 aliphatic rings. The number of carbonyl (C=O) groups excluding carboxylic acids is 1. The van der Waals surface area contributed by atoms with Crippen LogP contribution in [-0.2, 0) is 11.2 Å². The van der Waals surface area contributed by atoms with E-state index < -0.39 is 0 Å². The van der Waals surface area contributed by atoms with Gasteiger partial charge in [0.05, 0.1) is 4.92 Å². The maximum Gasteiger partial charge on any atom is 0.269 e. The van der Waals surface area contributed by atoms with Crippen molar-refractivity contribution in [2.45, 2.75) is 47.5 Å². The van der Waals surface area contributed by atoms with Crippen LogP contribution in [0.3, 0.4) is 0 Å². The molecule has 0 amide bonds. The summed E-state index contributed by atoms with van der Waals surface area (Å²) in [4.78, 5) is 19.9. The van der Waals surface area contributed by atoms with Crippen LogP contribution >= 0.6 is 0 Å². The van der Waals surface area contributed by atoms with E-state index in [1.54, 1.807) is 19.1 Å². The van der Waals surface area contributed by atoms with Crippen molar-refractivity contribution in [3.05, 3.63) is 52.1 Å². The number of ketones is 1. The highest BCUT2D eigenvalue weighted by atomic mass is 16.6. The molecule has 0 aromatic heterocycles. The first-order valence-electron chi connectivity index (χ1n) is 6.69. The zero-order chi connectivity index (χ0) is 16.1. The van der Waals surface area contributed by atoms with Crippen molar-refractivity contribution in [3.63, 3.8) is 0 Å². The van der Waals surface area contributed by atoms with Crippen LogP contribution in [0, 0.1) is 10.1 Å². The van der Waals surface area contributed by atoms with Gasteiger partial charge in [-0.15, -0.1) is 0 Å². The van der Waals surface area contributed by atoms with E-state index in [1.807, 2.05) is 13.0 Å². The number of Topliss-reactive ketones (excluding diaryl/α,β-unsaturated/α-hetero) is 1. The van der Waals surface area contributed by atoms with E-state index in [0.29, 0.717) is 5.57 Å². The second-order valence-corrected chi connectivity index (χ2v) is 4.32. The van der Waals surface area contributed by atoms with Crippen LogP contribution in [-0.4, -0.2) is 10.7 Å². The molecule has 0 bridgehead atoms. The van der Waals surface area contributed by atoms with E-state index in [-0.39, 0.29) is 16.4 Å². The maximum absolute atomic E-state index is 10.3. The predicted octanol–water partition coefficient (Wildman–Crippen LogP) is 4.73. The van der Waals surface area contributed by atoms with Gasteiger partial charge in [-0.1, -0.05) is 45.9 Å². The molecule has 0 N–H and O–H groups in total. The number of nitro benzene ring substituents is 1. The molecular formula is C16H25NO3. The van der Waals surface area contributed by atoms with Gasteiger partial charge in [0, 0.05) is 12.1 Å². The van der Waals surface area contributed by atoms with Gasteiger partial charge in [-0.25, -0.2) is 0 Å². The van der Waals surface area contributed by atoms with Crippen molar-refractivity contribution >= 4 is 11.5 Å². The summed E-state index contributed by atoms with van der Waals surface area (Å²) in [6.45, 7) is 12.8. The first-order valence-corrected chi connectivity index (χ1v) is 6.69. The van der Waals surface area contributed by atoms with Crippen LogP contribution < -0.4 is 0 Å². The Morgan fingerprint density at radius 3 is 2.00 bits per heavy atom. The smallest absolute Gasteiger partial charge is 0.269 e. The van der Waals surface area contributed by atoms with Crippen molar-refractivity contribution in [1.29, 1.82) is 0 Å². The topological polar surface area (TPSA) is 60.2 Å². The van der Waals surface area contributed by atoms with Gasteiger partial charge >= 0.3 is 0 Å². The average Bonchev–Trinajstić information content (AvgIpc) is 2.40. The minimum atomic E-state index is -0.376. The lowest BCUT2D eigenvalue weighted by molar-refractivity contribution is -0.384. The van der Waals surface area contributed by atoms with E-state index in [9.17, 15) is 14.9 Å². The molecule has 0 aliphatic carbocycles. The fraction of sp³-hybridized carbons (Fsp3) is 0.438. The van der Waals surface area contributed by atoms with E-state index in [4.69, 9.17) is 0 Å². The molecule has 0 radical (unpaired) electrons. The van der Waals surface area contributed by atoms with Crippen molar-refractivity contribution < 1.29 is 9.72 Å². The molecule has 0 fully saturated rings. The molecule has 1 aromatic rings. The Morgan fingerprint density at radius 1 is 1.25 bits per heavy atom. The van der Waals surface area contributed by atoms with Crippen LogP contribution in [0.5, 0.6) is 0 Å². The van der Waals surface area contributed by atoms with Gasteiger partial charge in [-0.2, -0.15) is 0 Å². The summed E-state index contributed by atoms with van der Waals surface area (Å²) in [5, 5.41) is 10.3. The van der Waals surface area contributed by atoms with Gasteiger partial charge in [0.2, 0.25) is 0 Å². The van der Waals surface area contributed by atoms with Gasteiger partial charge in [0.15, 0.2) is 5.78 Å². The summed E-state index contributed by atoms with van der Waals surface area (Å²) in [5.41, 5.74) is 1.79. The second kappa shape index (κ2) is 12.1. The Hall–Kier alpha value is -1.97. The van der Waals surface area contributed by atoms with Gasteiger partial charge in [0.1, 0.15) is 0 Å². The third kappa shape index (κ3) is 11.1. The molecule has 1 rings (SSSR count). The molecule has 0 spiro atoms. The van der Waals surface area contributed by atoms with Crippen LogP contribution in [0.4, 0.5) is 5.69 Å². The lowest BCUT2D eigenvalue weighted by atomic mass is 10.1. The van der Waals surface area contributed by atoms with Gasteiger partial charge in [-0.05, 0) is 31.4 Å². The number of benzene rings is 1. The highest BCUT2D eigenvalue weighted by Crippen LogP contribution is 2.12. The first-order chi connectivity index (χ1) is 9.29. The summed E-state index contributed by atoms with van der Waals surface area (Å²) >= 11 is 0. The number of non-ortho nitro benzene ring substituents is 1. The number of allylic oxidation sites excluding steroid dienone is 1. The van der Waals surface area contributed by atoms with Crippen LogP contribution in [0.2, 0.25) is 0 Å². The van der Waals surface area contributed by atoms with E-state index in [1.165, 1.54) is 19.4 Å². The SMILES string of the molecule is C=C(C)C(C)=O.CCC.CCc1cccc([N+](=O)[O-])c1. The summed E-state index contributed by atoms with van der Waals surface area (Å²) in [6.07, 6.45) is 2.08. The average molecular weight is 279 g/mol. The van der Waals surface area contributed by atoms with Crippen molar-refractivity contribution in [2.75, 3.05) is 0 Å². The third-order valence-corrected chi connectivity index (χ3v) is 2.13. The van der Waals surface area contributed by atoms with Crippen molar-refractivity contribution in [1.82, 2.24) is 0 Å². The number of aryl methyl sites for hydroxylation is 1. The highest BCUT2D eigenvalue weighted by Gasteiger charge is 2.03. The number of nitro groups is 1. The zero-order valence-electron chi connectivity index (χ0n) is 13.1. The minimum absolute atomic E-state index is 0.0648. The zero-order valence-corrected chi connectivity index (χ0v) is 13.1. The number of rotatable bonds is 3. The van der Waals surface area contributed by atoms with Gasteiger partial charge in [0.25, 0.3) is 5.69 Å². The monoisotopic (exact) mass is 279 g/mol. The second-order valence-electron chi connectivity index (χ2n) is 4.32. The molecule has 20 heavy (non-hydrogen) atoms. The molecular weight excluding hydrogens is 254 g/mol. The summed E-state index contributed by atoms with van der Waals surface area (Å²) in [6, 6.07) is 6.68. The van der Waals surface area contributed by atoms with Crippen LogP contribution in [0.1, 0.15) is 46.6 Å². The fourth-order valence-electron chi connectivity index (χ4n) is 0.890. The van der Waals surface area contributed by atoms with E-state index >= 15 is 0 Å². The van der Waals surface area contributed by atoms with Crippen molar-refractivity contribution in [2.24, 2.45) is 0 Å². The number of nitrogens with zero attached hydrogens (tertiary/aromatic N) is 1. The molecule has 4 nitrogen and oxygen atoms in total. The lowest BCUT2D eigenvalue weighted by Gasteiger charge is -1.94. The summed E-state index contributed by atoms with van der Waals surface area (Å²) in [5.74, 6) is 0.0648. The Kier molecular flexibility index (Phi) is 12.3. The number of carbonyl (C=O) groups is 1. The van der Waals surface area contributed by atoms with Gasteiger partial charge < -0.3 is 0 Å². The molecule has 0 aliphatic heterocycles. The fourth-order valence-corrected chi connectivity index (χ4v) is 0.890. The quantitative estimate of drug-likeness (QED) is 0.456. The molecule has 0 atom stereocenters. The number of hydrogen-bond acceptors (Lipinski definition) is 3. The number of hydrogen-bond donors (Lipinski definition) is 0. The molecule has 0 unspecified atom stereocenters. The minimum Gasteiger partial charge on any atom is -0.295 e. The predicted molar refractivity (Wildman–Crippen MR) is 83.9 cm³/mol. The van der Waals surface area contributed by atoms with Gasteiger partial charge in [-0.3, -0.25) is 14.9 Å². The molecule has 4 heteroatoms. The third-order valence-electron chi connectivity index (χ3n) is 2.13. The van der Waals surface area contributed by atoms with Crippen LogP contribution in [0.25, 0.3) is 0 Å². The highest BCUT2D eigenvalue weighted by molar-refractivity contribution is 5.91. The summed E-state index contributed by atoms with van der Waals surface area (Å²) in [7, 11) is 0. The lowest BCUT2D eigenvalue weighted by Crippen LogP contribution is -1.88. The summed E-state index contributed by atoms with van der Waals surface area (Å²) < 4.78 is 0.